The molecule has 0 spiro atoms. The van der Waals surface area contributed by atoms with Crippen molar-refractivity contribution >= 4 is 32.0 Å². The summed E-state index contributed by atoms with van der Waals surface area (Å²) in [6.45, 7) is 0.877. The summed E-state index contributed by atoms with van der Waals surface area (Å²) >= 11 is 9.39. The van der Waals surface area contributed by atoms with Crippen LogP contribution in [0.4, 0.5) is 0 Å². The van der Waals surface area contributed by atoms with E-state index in [1.54, 1.807) is 0 Å². The van der Waals surface area contributed by atoms with Crippen LogP contribution in [0.25, 0.3) is 4.48 Å². The first-order valence-corrected chi connectivity index (χ1v) is 6.17. The molecule has 1 unspecified atom stereocenters. The van der Waals surface area contributed by atoms with Crippen molar-refractivity contribution < 1.29 is 4.74 Å². The van der Waals surface area contributed by atoms with Gasteiger partial charge in [-0.3, -0.25) is 0 Å². The third-order valence-corrected chi connectivity index (χ3v) is 3.39. The number of benzene rings is 1. The molecule has 3 heteroatoms. The molecular weight excluding hydrogens is 275 g/mol. The molecule has 1 aliphatic heterocycles. The average Bonchev–Trinajstić information content (AvgIpc) is 2.71. The van der Waals surface area contributed by atoms with Crippen molar-refractivity contribution in [1.29, 1.82) is 0 Å². The maximum atomic E-state index is 5.83. The molecule has 1 saturated heterocycles. The molecule has 2 rings (SSSR count). The highest BCUT2D eigenvalue weighted by Gasteiger charge is 2.13. The topological polar surface area (TPSA) is 9.23 Å². The fourth-order valence-electron chi connectivity index (χ4n) is 1.60. The van der Waals surface area contributed by atoms with E-state index in [-0.39, 0.29) is 6.10 Å². The van der Waals surface area contributed by atoms with E-state index in [1.165, 1.54) is 0 Å². The molecule has 0 amide bonds. The smallest absolute Gasteiger partial charge is 0.0770 e. The fraction of sp³-hybridized carbons (Fsp3) is 0.333. The Morgan fingerprint density at radius 3 is 2.73 bits per heavy atom. The lowest BCUT2D eigenvalue weighted by Gasteiger charge is -2.05. The molecule has 1 atom stereocenters. The molecule has 0 N–H and O–H groups in total. The number of ether oxygens (including phenoxy) is 1. The van der Waals surface area contributed by atoms with Crippen LogP contribution in [0.3, 0.4) is 0 Å². The third kappa shape index (κ3) is 3.07. The van der Waals surface area contributed by atoms with E-state index in [1.807, 2.05) is 24.3 Å². The summed E-state index contributed by atoms with van der Waals surface area (Å²) in [7, 11) is 0. The Labute approximate surface area is 103 Å². The third-order valence-electron chi connectivity index (χ3n) is 2.42. The van der Waals surface area contributed by atoms with Gasteiger partial charge in [-0.25, -0.2) is 0 Å². The van der Waals surface area contributed by atoms with Crippen molar-refractivity contribution in [2.24, 2.45) is 0 Å². The van der Waals surface area contributed by atoms with E-state index in [0.29, 0.717) is 0 Å². The summed E-state index contributed by atoms with van der Waals surface area (Å²) in [6, 6.07) is 7.78. The Morgan fingerprint density at radius 1 is 1.40 bits per heavy atom. The van der Waals surface area contributed by atoms with E-state index in [4.69, 9.17) is 16.3 Å². The van der Waals surface area contributed by atoms with Crippen molar-refractivity contribution in [3.05, 3.63) is 40.9 Å². The minimum Gasteiger partial charge on any atom is -0.374 e. The first-order chi connectivity index (χ1) is 7.25. The van der Waals surface area contributed by atoms with Gasteiger partial charge in [-0.15, -0.1) is 0 Å². The van der Waals surface area contributed by atoms with Crippen LogP contribution < -0.4 is 0 Å². The molecule has 1 aromatic rings. The van der Waals surface area contributed by atoms with Crippen LogP contribution in [0.5, 0.6) is 0 Å². The standard InChI is InChI=1S/C12H12BrClO/c13-12(8-11-2-1-7-15-11)9-3-5-10(14)6-4-9/h3-6,8,11H,1-2,7H2/b12-8+. The molecular formula is C12H12BrClO. The maximum absolute atomic E-state index is 5.83. The molecule has 1 aromatic carbocycles. The summed E-state index contributed by atoms with van der Waals surface area (Å²) in [5.41, 5.74) is 1.13. The lowest BCUT2D eigenvalue weighted by atomic mass is 10.1. The minimum atomic E-state index is 0.259. The first-order valence-electron chi connectivity index (χ1n) is 5.00. The highest BCUT2D eigenvalue weighted by Crippen LogP contribution is 2.26. The van der Waals surface area contributed by atoms with Gasteiger partial charge in [0.1, 0.15) is 0 Å². The van der Waals surface area contributed by atoms with Crippen LogP contribution >= 0.6 is 27.5 Å². The zero-order valence-corrected chi connectivity index (χ0v) is 10.6. The van der Waals surface area contributed by atoms with Crippen molar-refractivity contribution in [3.63, 3.8) is 0 Å². The predicted molar refractivity (Wildman–Crippen MR) is 67.3 cm³/mol. The molecule has 0 saturated carbocycles. The molecule has 0 radical (unpaired) electrons. The number of rotatable bonds is 2. The lowest BCUT2D eigenvalue weighted by molar-refractivity contribution is 0.146. The summed E-state index contributed by atoms with van der Waals surface area (Å²) in [5.74, 6) is 0. The van der Waals surface area contributed by atoms with Crippen LogP contribution in [-0.2, 0) is 4.74 Å². The molecule has 1 nitrogen and oxygen atoms in total. The van der Waals surface area contributed by atoms with Gasteiger partial charge in [-0.1, -0.05) is 39.7 Å². The molecule has 0 aliphatic carbocycles. The zero-order valence-electron chi connectivity index (χ0n) is 8.25. The van der Waals surface area contributed by atoms with Gasteiger partial charge in [0.05, 0.1) is 6.10 Å². The Balaban J connectivity index is 2.12. The second-order valence-electron chi connectivity index (χ2n) is 3.57. The van der Waals surface area contributed by atoms with Gasteiger partial charge in [0.15, 0.2) is 0 Å². The van der Waals surface area contributed by atoms with E-state index in [0.717, 1.165) is 34.5 Å². The van der Waals surface area contributed by atoms with Crippen molar-refractivity contribution in [2.75, 3.05) is 6.61 Å². The minimum absolute atomic E-state index is 0.259. The largest absolute Gasteiger partial charge is 0.374 e. The second kappa shape index (κ2) is 5.15. The van der Waals surface area contributed by atoms with Crippen molar-refractivity contribution in [2.45, 2.75) is 18.9 Å². The fourth-order valence-corrected chi connectivity index (χ4v) is 2.29. The van der Waals surface area contributed by atoms with Crippen molar-refractivity contribution in [1.82, 2.24) is 0 Å². The van der Waals surface area contributed by atoms with E-state index in [2.05, 4.69) is 22.0 Å². The zero-order chi connectivity index (χ0) is 10.7. The Bertz CT molecular complexity index is 352. The van der Waals surface area contributed by atoms with Gasteiger partial charge in [0.2, 0.25) is 0 Å². The van der Waals surface area contributed by atoms with E-state index >= 15 is 0 Å². The molecule has 1 fully saturated rings. The predicted octanol–water partition coefficient (Wildman–Crippen LogP) is 4.25. The molecule has 1 heterocycles. The molecule has 1 aliphatic rings. The number of halogens is 2. The Hall–Kier alpha value is -0.310. The highest BCUT2D eigenvalue weighted by molar-refractivity contribution is 9.15. The van der Waals surface area contributed by atoms with Crippen molar-refractivity contribution in [3.8, 4) is 0 Å². The number of hydrogen-bond donors (Lipinski definition) is 0. The summed E-state index contributed by atoms with van der Waals surface area (Å²) in [6.07, 6.45) is 4.65. The van der Waals surface area contributed by atoms with Crippen LogP contribution in [0, 0.1) is 0 Å². The highest BCUT2D eigenvalue weighted by atomic mass is 79.9. The normalized spacial score (nSPS) is 22.0. The van der Waals surface area contributed by atoms with Crippen LogP contribution in [0.2, 0.25) is 5.02 Å². The summed E-state index contributed by atoms with van der Waals surface area (Å²) in [4.78, 5) is 0. The van der Waals surface area contributed by atoms with Gasteiger partial charge < -0.3 is 4.74 Å². The number of hydrogen-bond acceptors (Lipinski definition) is 1. The summed E-state index contributed by atoms with van der Waals surface area (Å²) in [5, 5.41) is 0.760. The van der Waals surface area contributed by atoms with Gasteiger partial charge in [-0.05, 0) is 36.6 Å². The van der Waals surface area contributed by atoms with Gasteiger partial charge in [-0.2, -0.15) is 0 Å². The van der Waals surface area contributed by atoms with Gasteiger partial charge >= 0.3 is 0 Å². The average molecular weight is 288 g/mol. The monoisotopic (exact) mass is 286 g/mol. The lowest BCUT2D eigenvalue weighted by Crippen LogP contribution is -1.99. The van der Waals surface area contributed by atoms with Gasteiger partial charge in [0.25, 0.3) is 0 Å². The summed E-state index contributed by atoms with van der Waals surface area (Å²) < 4.78 is 6.61. The van der Waals surface area contributed by atoms with E-state index in [9.17, 15) is 0 Å². The van der Waals surface area contributed by atoms with Crippen LogP contribution in [-0.4, -0.2) is 12.7 Å². The van der Waals surface area contributed by atoms with Crippen LogP contribution in [0.1, 0.15) is 18.4 Å². The quantitative estimate of drug-likeness (QED) is 0.790. The maximum Gasteiger partial charge on any atom is 0.0770 e. The SMILES string of the molecule is Clc1ccc(/C(Br)=C\C2CCCO2)cc1. The molecule has 0 bridgehead atoms. The molecule has 0 aromatic heterocycles. The molecule has 80 valence electrons. The van der Waals surface area contributed by atoms with Crippen LogP contribution in [0.15, 0.2) is 30.3 Å². The van der Waals surface area contributed by atoms with E-state index < -0.39 is 0 Å². The van der Waals surface area contributed by atoms with Gasteiger partial charge in [0, 0.05) is 16.1 Å². The Morgan fingerprint density at radius 2 is 2.13 bits per heavy atom. The molecule has 15 heavy (non-hydrogen) atoms. The Kier molecular flexibility index (Phi) is 3.84. The first kappa shape index (κ1) is 11.2. The second-order valence-corrected chi connectivity index (χ2v) is 4.86.